The molecule has 0 amide bonds. The van der Waals surface area contributed by atoms with Crippen LogP contribution in [0.2, 0.25) is 0 Å². The summed E-state index contributed by atoms with van der Waals surface area (Å²) in [7, 11) is 0. The predicted molar refractivity (Wildman–Crippen MR) is 74.9 cm³/mol. The van der Waals surface area contributed by atoms with Crippen molar-refractivity contribution in [2.45, 2.75) is 16.2 Å². The Labute approximate surface area is 113 Å². The summed E-state index contributed by atoms with van der Waals surface area (Å²) in [5, 5.41) is 0. The Balaban J connectivity index is 1.92. The third kappa shape index (κ3) is 2.40. The maximum atomic E-state index is 13.1. The molecule has 0 aliphatic rings. The molecule has 90 valence electrons. The first-order valence-corrected chi connectivity index (χ1v) is 7.15. The van der Waals surface area contributed by atoms with Gasteiger partial charge >= 0.3 is 0 Å². The average molecular weight is 275 g/mol. The van der Waals surface area contributed by atoms with E-state index in [1.165, 1.54) is 29.0 Å². The van der Waals surface area contributed by atoms with Crippen LogP contribution in [0.1, 0.15) is 5.56 Å². The maximum Gasteiger partial charge on any atom is 0.155 e. The van der Waals surface area contributed by atoms with Gasteiger partial charge in [-0.2, -0.15) is 0 Å². The summed E-state index contributed by atoms with van der Waals surface area (Å²) in [6.07, 6.45) is 0. The smallest absolute Gasteiger partial charge is 0.155 e. The first-order valence-electron chi connectivity index (χ1n) is 5.51. The van der Waals surface area contributed by atoms with Crippen LogP contribution < -0.4 is 0 Å². The first-order chi connectivity index (χ1) is 8.70. The fourth-order valence-electron chi connectivity index (χ4n) is 1.63. The average Bonchev–Trinajstić information content (AvgIpc) is 2.73. The molecule has 0 saturated heterocycles. The molecule has 1 aromatic heterocycles. The summed E-state index contributed by atoms with van der Waals surface area (Å²) >= 11 is 3.14. The zero-order valence-electron chi connectivity index (χ0n) is 9.68. The lowest BCUT2D eigenvalue weighted by atomic mass is 10.2. The second kappa shape index (κ2) is 4.71. The van der Waals surface area contributed by atoms with Crippen molar-refractivity contribution < 1.29 is 4.39 Å². The summed E-state index contributed by atoms with van der Waals surface area (Å²) in [4.78, 5) is 5.64. The fraction of sp³-hybridized carbons (Fsp3) is 0.0714. The number of aromatic nitrogens is 1. The summed E-state index contributed by atoms with van der Waals surface area (Å²) in [5.41, 5.74) is 2.10. The Morgan fingerprint density at radius 2 is 1.89 bits per heavy atom. The molecule has 4 heteroatoms. The van der Waals surface area contributed by atoms with Crippen molar-refractivity contribution in [3.05, 3.63) is 53.8 Å². The number of rotatable bonds is 2. The van der Waals surface area contributed by atoms with Gasteiger partial charge in [-0.1, -0.05) is 29.5 Å². The van der Waals surface area contributed by atoms with Gasteiger partial charge in [0.1, 0.15) is 5.82 Å². The van der Waals surface area contributed by atoms with Gasteiger partial charge in [0.2, 0.25) is 0 Å². The monoisotopic (exact) mass is 275 g/mol. The summed E-state index contributed by atoms with van der Waals surface area (Å²) < 4.78 is 14.9. The molecule has 3 aromatic rings. The highest BCUT2D eigenvalue weighted by Crippen LogP contribution is 2.34. The van der Waals surface area contributed by atoms with E-state index < -0.39 is 0 Å². The van der Waals surface area contributed by atoms with Gasteiger partial charge in [-0.05, 0) is 37.3 Å². The van der Waals surface area contributed by atoms with Crippen molar-refractivity contribution in [1.29, 1.82) is 0 Å². The molecule has 0 radical (unpaired) electrons. The molecule has 0 fully saturated rings. The molecule has 0 aliphatic heterocycles. The van der Waals surface area contributed by atoms with E-state index in [0.717, 1.165) is 19.5 Å². The van der Waals surface area contributed by atoms with E-state index in [2.05, 4.69) is 36.2 Å². The molecular weight excluding hydrogens is 265 g/mol. The van der Waals surface area contributed by atoms with Gasteiger partial charge in [0.15, 0.2) is 4.34 Å². The summed E-state index contributed by atoms with van der Waals surface area (Å²) in [5.74, 6) is -0.210. The van der Waals surface area contributed by atoms with Crippen molar-refractivity contribution in [3.8, 4) is 0 Å². The topological polar surface area (TPSA) is 12.9 Å². The number of hydrogen-bond donors (Lipinski definition) is 0. The molecule has 3 rings (SSSR count). The highest BCUT2D eigenvalue weighted by molar-refractivity contribution is 8.01. The number of halogens is 1. The van der Waals surface area contributed by atoms with E-state index in [-0.39, 0.29) is 5.82 Å². The van der Waals surface area contributed by atoms with E-state index in [0.29, 0.717) is 0 Å². The molecule has 1 nitrogen and oxygen atoms in total. The van der Waals surface area contributed by atoms with Gasteiger partial charge in [0.05, 0.1) is 10.2 Å². The van der Waals surface area contributed by atoms with Gasteiger partial charge < -0.3 is 0 Å². The minimum absolute atomic E-state index is 0.210. The normalized spacial score (nSPS) is 11.0. The lowest BCUT2D eigenvalue weighted by Gasteiger charge is -1.97. The third-order valence-corrected chi connectivity index (χ3v) is 4.64. The quantitative estimate of drug-likeness (QED) is 0.660. The molecule has 0 aliphatic carbocycles. The molecule has 0 unspecified atom stereocenters. The van der Waals surface area contributed by atoms with Crippen molar-refractivity contribution in [3.63, 3.8) is 0 Å². The van der Waals surface area contributed by atoms with Crippen LogP contribution in [-0.2, 0) is 0 Å². The highest BCUT2D eigenvalue weighted by atomic mass is 32.2. The second-order valence-electron chi connectivity index (χ2n) is 4.01. The number of fused-ring (bicyclic) bond motifs is 1. The van der Waals surface area contributed by atoms with E-state index in [4.69, 9.17) is 0 Å². The molecule has 2 aromatic carbocycles. The Kier molecular flexibility index (Phi) is 3.06. The highest BCUT2D eigenvalue weighted by Gasteiger charge is 2.06. The van der Waals surface area contributed by atoms with Gasteiger partial charge in [-0.25, -0.2) is 9.37 Å². The van der Waals surface area contributed by atoms with Gasteiger partial charge in [-0.15, -0.1) is 11.3 Å². The lowest BCUT2D eigenvalue weighted by molar-refractivity contribution is 0.630. The molecular formula is C14H10FNS2. The predicted octanol–water partition coefficient (Wildman–Crippen LogP) is 4.90. The fourth-order valence-corrected chi connectivity index (χ4v) is 3.69. The van der Waals surface area contributed by atoms with Crippen molar-refractivity contribution in [1.82, 2.24) is 4.98 Å². The van der Waals surface area contributed by atoms with Crippen molar-refractivity contribution in [2.24, 2.45) is 0 Å². The molecule has 0 bridgehead atoms. The summed E-state index contributed by atoms with van der Waals surface area (Å²) in [6.45, 7) is 2.06. The molecule has 0 spiro atoms. The largest absolute Gasteiger partial charge is 0.229 e. The first kappa shape index (κ1) is 11.7. The van der Waals surface area contributed by atoms with Crippen molar-refractivity contribution in [2.75, 3.05) is 0 Å². The van der Waals surface area contributed by atoms with Crippen LogP contribution in [0.4, 0.5) is 4.39 Å². The standard InChI is InChI=1S/C14H10FNS2/c1-9-2-5-11(6-3-9)17-14-16-12-7-4-10(15)8-13(12)18-14/h2-8H,1H3. The Morgan fingerprint density at radius 3 is 2.67 bits per heavy atom. The SMILES string of the molecule is Cc1ccc(Sc2nc3ccc(F)cc3s2)cc1. The zero-order chi connectivity index (χ0) is 12.5. The Hall–Kier alpha value is -1.39. The maximum absolute atomic E-state index is 13.1. The van der Waals surface area contributed by atoms with Crippen LogP contribution >= 0.6 is 23.1 Å². The molecule has 1 heterocycles. The van der Waals surface area contributed by atoms with E-state index in [9.17, 15) is 4.39 Å². The van der Waals surface area contributed by atoms with Gasteiger partial charge in [0, 0.05) is 4.90 Å². The second-order valence-corrected chi connectivity index (χ2v) is 6.36. The number of benzene rings is 2. The number of nitrogens with zero attached hydrogens (tertiary/aromatic N) is 1. The van der Waals surface area contributed by atoms with Gasteiger partial charge in [-0.3, -0.25) is 0 Å². The van der Waals surface area contributed by atoms with E-state index in [1.807, 2.05) is 0 Å². The lowest BCUT2D eigenvalue weighted by Crippen LogP contribution is -1.74. The third-order valence-electron chi connectivity index (χ3n) is 2.56. The number of aryl methyl sites for hydroxylation is 1. The minimum Gasteiger partial charge on any atom is -0.229 e. The molecule has 0 saturated carbocycles. The minimum atomic E-state index is -0.210. The van der Waals surface area contributed by atoms with Crippen molar-refractivity contribution >= 4 is 33.3 Å². The van der Waals surface area contributed by atoms with Gasteiger partial charge in [0.25, 0.3) is 0 Å². The summed E-state index contributed by atoms with van der Waals surface area (Å²) in [6, 6.07) is 13.0. The van der Waals surface area contributed by atoms with Crippen LogP contribution in [0.5, 0.6) is 0 Å². The van der Waals surface area contributed by atoms with Crippen LogP contribution in [-0.4, -0.2) is 4.98 Å². The van der Waals surface area contributed by atoms with E-state index >= 15 is 0 Å². The molecule has 18 heavy (non-hydrogen) atoms. The van der Waals surface area contributed by atoms with Crippen LogP contribution in [0.25, 0.3) is 10.2 Å². The molecule has 0 atom stereocenters. The van der Waals surface area contributed by atoms with Crippen LogP contribution in [0.15, 0.2) is 51.7 Å². The Morgan fingerprint density at radius 1 is 1.11 bits per heavy atom. The van der Waals surface area contributed by atoms with E-state index in [1.54, 1.807) is 17.8 Å². The Bertz CT molecular complexity index is 689. The van der Waals surface area contributed by atoms with Crippen LogP contribution in [0, 0.1) is 12.7 Å². The zero-order valence-corrected chi connectivity index (χ0v) is 11.3. The number of thiazole rings is 1. The van der Waals surface area contributed by atoms with Crippen LogP contribution in [0.3, 0.4) is 0 Å². The number of hydrogen-bond acceptors (Lipinski definition) is 3. The molecule has 0 N–H and O–H groups in total.